The lowest BCUT2D eigenvalue weighted by atomic mass is 10.0. The van der Waals surface area contributed by atoms with Gasteiger partial charge in [0.2, 0.25) is 0 Å². The van der Waals surface area contributed by atoms with Crippen molar-refractivity contribution in [2.24, 2.45) is 5.92 Å². The van der Waals surface area contributed by atoms with Crippen LogP contribution in [-0.4, -0.2) is 49.9 Å². The van der Waals surface area contributed by atoms with E-state index in [1.807, 2.05) is 18.0 Å². The number of nitrogens with one attached hydrogen (secondary N) is 1. The molecule has 4 N–H and O–H groups in total. The van der Waals surface area contributed by atoms with Gasteiger partial charge >= 0.3 is 0 Å². The number of H-pyrrole nitrogens is 1. The quantitative estimate of drug-likeness (QED) is 0.506. The van der Waals surface area contributed by atoms with Crippen molar-refractivity contribution in [1.29, 1.82) is 0 Å². The predicted molar refractivity (Wildman–Crippen MR) is 115 cm³/mol. The third kappa shape index (κ3) is 4.48. The summed E-state index contributed by atoms with van der Waals surface area (Å²) in [6, 6.07) is 10.6. The maximum Gasteiger partial charge on any atom is 0.151 e. The highest BCUT2D eigenvalue weighted by Gasteiger charge is 2.31. The lowest BCUT2D eigenvalue weighted by molar-refractivity contribution is 0.137. The third-order valence-corrected chi connectivity index (χ3v) is 6.54. The molecule has 3 aromatic rings. The molecule has 7 heteroatoms. The molecule has 0 saturated carbocycles. The monoisotopic (exact) mass is 397 g/mol. The Labute approximate surface area is 169 Å². The summed E-state index contributed by atoms with van der Waals surface area (Å²) in [5.74, 6) is 3.02. The number of hydrogen-bond donors (Lipinski definition) is 3. The highest BCUT2D eigenvalue weighted by molar-refractivity contribution is 7.98. The van der Waals surface area contributed by atoms with E-state index in [1.54, 1.807) is 0 Å². The van der Waals surface area contributed by atoms with Crippen molar-refractivity contribution in [3.63, 3.8) is 0 Å². The largest absolute Gasteiger partial charge is 0.391 e. The van der Waals surface area contributed by atoms with Gasteiger partial charge in [0.05, 0.1) is 11.6 Å². The minimum absolute atomic E-state index is 0.246. The van der Waals surface area contributed by atoms with E-state index < -0.39 is 0 Å². The van der Waals surface area contributed by atoms with Gasteiger partial charge in [0.25, 0.3) is 0 Å². The molecule has 1 fully saturated rings. The van der Waals surface area contributed by atoms with Crippen molar-refractivity contribution in [3.8, 4) is 0 Å². The second-order valence-electron chi connectivity index (χ2n) is 7.50. The first-order valence-corrected chi connectivity index (χ1v) is 10.9. The van der Waals surface area contributed by atoms with Crippen LogP contribution in [0.2, 0.25) is 0 Å². The van der Waals surface area contributed by atoms with Gasteiger partial charge in [-0.3, -0.25) is 4.90 Å². The van der Waals surface area contributed by atoms with E-state index in [9.17, 15) is 5.11 Å². The van der Waals surface area contributed by atoms with Gasteiger partial charge < -0.3 is 15.8 Å². The summed E-state index contributed by atoms with van der Waals surface area (Å²) in [6.45, 7) is 2.42. The normalized spacial score (nSPS) is 20.2. The lowest BCUT2D eigenvalue weighted by Crippen LogP contribution is -2.21. The van der Waals surface area contributed by atoms with Crippen LogP contribution in [0.3, 0.4) is 0 Å². The summed E-state index contributed by atoms with van der Waals surface area (Å²) in [5.41, 5.74) is 10.1. The fourth-order valence-corrected chi connectivity index (χ4v) is 4.88. The summed E-state index contributed by atoms with van der Waals surface area (Å²) >= 11 is 1.97. The first-order chi connectivity index (χ1) is 13.7. The zero-order valence-corrected chi connectivity index (χ0v) is 16.7. The van der Waals surface area contributed by atoms with Crippen LogP contribution >= 0.6 is 11.8 Å². The molecular formula is C21H27N5OS. The Morgan fingerprint density at radius 2 is 2.07 bits per heavy atom. The molecule has 148 valence electrons. The maximum absolute atomic E-state index is 10.5. The topological polar surface area (TPSA) is 91.1 Å². The van der Waals surface area contributed by atoms with Crippen molar-refractivity contribution >= 4 is 28.6 Å². The number of hydrogen-bond acceptors (Lipinski definition) is 6. The Balaban J connectivity index is 1.23. The van der Waals surface area contributed by atoms with Gasteiger partial charge in [0, 0.05) is 37.1 Å². The number of aromatic nitrogens is 3. The number of fused-ring (bicyclic) bond motifs is 1. The van der Waals surface area contributed by atoms with Gasteiger partial charge in [-0.2, -0.15) is 11.8 Å². The van der Waals surface area contributed by atoms with Crippen molar-refractivity contribution in [3.05, 3.63) is 54.0 Å². The first-order valence-electron chi connectivity index (χ1n) is 9.79. The fourth-order valence-electron chi connectivity index (χ4n) is 3.94. The number of nitrogens with zero attached hydrogens (tertiary/aromatic N) is 3. The van der Waals surface area contributed by atoms with Gasteiger partial charge in [-0.1, -0.05) is 30.3 Å². The Morgan fingerprint density at radius 1 is 1.21 bits per heavy atom. The molecular weight excluding hydrogens is 370 g/mol. The molecule has 0 aliphatic carbocycles. The van der Waals surface area contributed by atoms with Crippen LogP contribution in [0.4, 0.5) is 5.82 Å². The number of rotatable bonds is 8. The second-order valence-corrected chi connectivity index (χ2v) is 8.60. The minimum atomic E-state index is -0.246. The Hall–Kier alpha value is -2.09. The molecule has 4 rings (SSSR count). The van der Waals surface area contributed by atoms with Crippen molar-refractivity contribution < 1.29 is 5.11 Å². The summed E-state index contributed by atoms with van der Waals surface area (Å²) in [6.07, 6.45) is 5.43. The molecule has 1 aromatic carbocycles. The van der Waals surface area contributed by atoms with Gasteiger partial charge in [-0.15, -0.1) is 0 Å². The van der Waals surface area contributed by atoms with E-state index in [2.05, 4.69) is 50.2 Å². The smallest absolute Gasteiger partial charge is 0.151 e. The van der Waals surface area contributed by atoms with Crippen LogP contribution in [0.25, 0.3) is 11.0 Å². The van der Waals surface area contributed by atoms with Crippen LogP contribution in [0, 0.1) is 5.92 Å². The average molecular weight is 398 g/mol. The van der Waals surface area contributed by atoms with Crippen molar-refractivity contribution in [1.82, 2.24) is 19.9 Å². The molecule has 0 radical (unpaired) electrons. The third-order valence-electron chi connectivity index (χ3n) is 5.42. The van der Waals surface area contributed by atoms with Gasteiger partial charge in [-0.25, -0.2) is 9.97 Å². The van der Waals surface area contributed by atoms with Crippen LogP contribution < -0.4 is 5.73 Å². The van der Waals surface area contributed by atoms with Gasteiger partial charge in [0.15, 0.2) is 5.82 Å². The summed E-state index contributed by atoms with van der Waals surface area (Å²) in [5, 5.41) is 10.5. The predicted octanol–water partition coefficient (Wildman–Crippen LogP) is 3.05. The van der Waals surface area contributed by atoms with Crippen LogP contribution in [-0.2, 0) is 12.3 Å². The molecule has 2 atom stereocenters. The van der Waals surface area contributed by atoms with Crippen LogP contribution in [0.5, 0.6) is 0 Å². The molecule has 3 heterocycles. The number of aliphatic hydroxyl groups excluding tert-OH is 1. The Morgan fingerprint density at radius 3 is 2.93 bits per heavy atom. The number of aliphatic hydroxyl groups is 1. The molecule has 1 unspecified atom stereocenters. The average Bonchev–Trinajstić information content (AvgIpc) is 3.27. The zero-order chi connectivity index (χ0) is 19.3. The number of likely N-dealkylation sites (tertiary alicyclic amines) is 1. The number of thioether (sulfide) groups is 1. The van der Waals surface area contributed by atoms with Gasteiger partial charge in [-0.05, 0) is 30.1 Å². The van der Waals surface area contributed by atoms with E-state index in [0.717, 1.165) is 60.6 Å². The summed E-state index contributed by atoms with van der Waals surface area (Å²) < 4.78 is 0. The van der Waals surface area contributed by atoms with E-state index in [1.165, 1.54) is 11.9 Å². The number of nitrogen functional groups attached to an aromatic ring is 1. The molecule has 0 amide bonds. The Bertz CT molecular complexity index is 900. The Kier molecular flexibility index (Phi) is 6.14. The van der Waals surface area contributed by atoms with E-state index in [-0.39, 0.29) is 6.10 Å². The van der Waals surface area contributed by atoms with Gasteiger partial charge in [0.1, 0.15) is 11.8 Å². The number of anilines is 1. The molecule has 0 bridgehead atoms. The molecule has 6 nitrogen and oxygen atoms in total. The SMILES string of the molecule is Nc1ncnc2c(CN3CC(CCCSCc4ccccc4)[C@@H](O)C3)c[nH]c12. The fraction of sp³-hybridized carbons (Fsp3) is 0.429. The number of β-amino-alcohol motifs (C(OH)–C–C–N with tert-alkyl or cyclic N) is 1. The summed E-state index contributed by atoms with van der Waals surface area (Å²) in [7, 11) is 0. The summed E-state index contributed by atoms with van der Waals surface area (Å²) in [4.78, 5) is 13.9. The van der Waals surface area contributed by atoms with Crippen LogP contribution in [0.15, 0.2) is 42.9 Å². The number of aromatic amines is 1. The molecule has 0 spiro atoms. The standard InChI is InChI=1S/C21H27N5OS/c22-21-20-19(24-14-25-21)17(9-23-20)11-26-10-16(18(27)12-26)7-4-8-28-13-15-5-2-1-3-6-15/h1-3,5-6,9,14,16,18,23,27H,4,7-8,10-13H2,(H2,22,24,25)/t16?,18-/m0/s1. The lowest BCUT2D eigenvalue weighted by Gasteiger charge is -2.15. The molecule has 1 saturated heterocycles. The molecule has 2 aromatic heterocycles. The second kappa shape index (κ2) is 8.94. The van der Waals surface area contributed by atoms with E-state index >= 15 is 0 Å². The van der Waals surface area contributed by atoms with E-state index in [0.29, 0.717) is 11.7 Å². The molecule has 1 aliphatic rings. The maximum atomic E-state index is 10.5. The van der Waals surface area contributed by atoms with Crippen LogP contribution in [0.1, 0.15) is 24.0 Å². The highest BCUT2D eigenvalue weighted by Crippen LogP contribution is 2.27. The zero-order valence-electron chi connectivity index (χ0n) is 15.9. The molecule has 1 aliphatic heterocycles. The minimum Gasteiger partial charge on any atom is -0.391 e. The first kappa shape index (κ1) is 19.2. The van der Waals surface area contributed by atoms with E-state index in [4.69, 9.17) is 5.73 Å². The highest BCUT2D eigenvalue weighted by atomic mass is 32.2. The number of nitrogens with two attached hydrogens (primary N) is 1. The number of benzene rings is 1. The molecule has 28 heavy (non-hydrogen) atoms. The van der Waals surface area contributed by atoms with Crippen molar-refractivity contribution in [2.45, 2.75) is 31.2 Å². The van der Waals surface area contributed by atoms with Crippen molar-refractivity contribution in [2.75, 3.05) is 24.6 Å².